The molecular weight excluding hydrogens is 283 g/mol. The summed E-state index contributed by atoms with van der Waals surface area (Å²) in [6.07, 6.45) is 0. The number of nitrogens with one attached hydrogen (secondary N) is 1. The van der Waals surface area contributed by atoms with Crippen LogP contribution in [0.4, 0.5) is 13.2 Å². The number of carboxylic acids is 1. The monoisotopic (exact) mass is 295 g/mol. The Bertz CT molecular complexity index is 647. The van der Waals surface area contributed by atoms with Crippen molar-refractivity contribution in [2.24, 2.45) is 0 Å². The van der Waals surface area contributed by atoms with E-state index in [0.29, 0.717) is 17.7 Å². The number of hydrogen-bond acceptors (Lipinski definition) is 2. The fraction of sp³-hybridized carbons (Fsp3) is 0.133. The van der Waals surface area contributed by atoms with Gasteiger partial charge in [0.25, 0.3) is 0 Å². The number of halogens is 3. The van der Waals surface area contributed by atoms with Crippen LogP contribution in [0.15, 0.2) is 42.5 Å². The number of rotatable bonds is 5. The van der Waals surface area contributed by atoms with Crippen molar-refractivity contribution in [2.75, 3.05) is 0 Å². The Morgan fingerprint density at radius 1 is 1.05 bits per heavy atom. The first-order valence-electron chi connectivity index (χ1n) is 6.13. The lowest BCUT2D eigenvalue weighted by Crippen LogP contribution is -2.28. The third kappa shape index (κ3) is 3.61. The second-order valence-electron chi connectivity index (χ2n) is 4.42. The number of carbonyl (C=O) groups is 1. The van der Waals surface area contributed by atoms with Crippen LogP contribution in [0.5, 0.6) is 0 Å². The molecule has 21 heavy (non-hydrogen) atoms. The third-order valence-electron chi connectivity index (χ3n) is 2.97. The maximum Gasteiger partial charge on any atom is 0.325 e. The van der Waals surface area contributed by atoms with Gasteiger partial charge >= 0.3 is 5.97 Å². The highest BCUT2D eigenvalue weighted by molar-refractivity contribution is 5.75. The summed E-state index contributed by atoms with van der Waals surface area (Å²) in [5, 5.41) is 11.8. The lowest BCUT2D eigenvalue weighted by Gasteiger charge is -2.15. The largest absolute Gasteiger partial charge is 0.480 e. The molecule has 0 aliphatic rings. The fourth-order valence-electron chi connectivity index (χ4n) is 1.90. The summed E-state index contributed by atoms with van der Waals surface area (Å²) < 4.78 is 39.4. The fourth-order valence-corrected chi connectivity index (χ4v) is 1.90. The molecule has 0 aliphatic carbocycles. The van der Waals surface area contributed by atoms with Crippen molar-refractivity contribution in [3.63, 3.8) is 0 Å². The topological polar surface area (TPSA) is 49.3 Å². The lowest BCUT2D eigenvalue weighted by molar-refractivity contribution is -0.139. The van der Waals surface area contributed by atoms with Crippen molar-refractivity contribution < 1.29 is 23.1 Å². The minimum atomic E-state index is -1.28. The standard InChI is InChI=1S/C15H12F3NO2/c16-11-7-13(18)12(17)6-10(11)8-19-14(15(20)21)9-4-2-1-3-5-9/h1-7,14,19H,8H2,(H,20,21). The first-order chi connectivity index (χ1) is 9.99. The average Bonchev–Trinajstić information content (AvgIpc) is 2.45. The second kappa shape index (κ2) is 6.41. The molecule has 0 saturated heterocycles. The van der Waals surface area contributed by atoms with Gasteiger partial charge in [-0.05, 0) is 11.6 Å². The van der Waals surface area contributed by atoms with Crippen LogP contribution in [0.1, 0.15) is 17.2 Å². The van der Waals surface area contributed by atoms with Gasteiger partial charge in [-0.1, -0.05) is 30.3 Å². The molecule has 0 spiro atoms. The summed E-state index contributed by atoms with van der Waals surface area (Å²) in [7, 11) is 0. The molecule has 0 amide bonds. The summed E-state index contributed by atoms with van der Waals surface area (Å²) in [5.74, 6) is -4.54. The quantitative estimate of drug-likeness (QED) is 0.834. The zero-order valence-corrected chi connectivity index (χ0v) is 10.8. The Hall–Kier alpha value is -2.34. The molecule has 2 aromatic carbocycles. The molecule has 0 aromatic heterocycles. The highest BCUT2D eigenvalue weighted by atomic mass is 19.2. The van der Waals surface area contributed by atoms with Crippen molar-refractivity contribution in [1.82, 2.24) is 5.32 Å². The van der Waals surface area contributed by atoms with Crippen LogP contribution in [0.25, 0.3) is 0 Å². The summed E-state index contributed by atoms with van der Waals surface area (Å²) in [6.45, 7) is -0.241. The maximum atomic E-state index is 13.5. The number of hydrogen-bond donors (Lipinski definition) is 2. The van der Waals surface area contributed by atoms with E-state index in [9.17, 15) is 23.1 Å². The average molecular weight is 295 g/mol. The van der Waals surface area contributed by atoms with E-state index in [0.717, 1.165) is 0 Å². The molecule has 0 aliphatic heterocycles. The van der Waals surface area contributed by atoms with Crippen LogP contribution in [0.2, 0.25) is 0 Å². The van der Waals surface area contributed by atoms with Crippen molar-refractivity contribution >= 4 is 5.97 Å². The first-order valence-corrected chi connectivity index (χ1v) is 6.13. The van der Waals surface area contributed by atoms with Crippen LogP contribution < -0.4 is 5.32 Å². The van der Waals surface area contributed by atoms with Crippen LogP contribution >= 0.6 is 0 Å². The highest BCUT2D eigenvalue weighted by Crippen LogP contribution is 2.17. The predicted molar refractivity (Wildman–Crippen MR) is 70.0 cm³/mol. The maximum absolute atomic E-state index is 13.5. The molecule has 1 unspecified atom stereocenters. The molecule has 0 saturated carbocycles. The molecule has 110 valence electrons. The number of aliphatic carboxylic acids is 1. The SMILES string of the molecule is O=C(O)C(NCc1cc(F)c(F)cc1F)c1ccccc1. The number of carboxylic acid groups (broad SMARTS) is 1. The Kier molecular flexibility index (Phi) is 4.59. The Balaban J connectivity index is 2.17. The molecule has 0 fully saturated rings. The van der Waals surface area contributed by atoms with E-state index in [1.165, 1.54) is 0 Å². The molecule has 2 N–H and O–H groups in total. The molecule has 1 atom stereocenters. The van der Waals surface area contributed by atoms with Crippen LogP contribution in [0.3, 0.4) is 0 Å². The van der Waals surface area contributed by atoms with Crippen molar-refractivity contribution in [3.8, 4) is 0 Å². The van der Waals surface area contributed by atoms with E-state index >= 15 is 0 Å². The van der Waals surface area contributed by atoms with Gasteiger partial charge in [-0.3, -0.25) is 10.1 Å². The van der Waals surface area contributed by atoms with E-state index < -0.39 is 29.5 Å². The molecule has 0 radical (unpaired) electrons. The van der Waals surface area contributed by atoms with Gasteiger partial charge in [-0.15, -0.1) is 0 Å². The normalized spacial score (nSPS) is 12.1. The van der Waals surface area contributed by atoms with E-state index in [1.54, 1.807) is 30.3 Å². The van der Waals surface area contributed by atoms with Gasteiger partial charge < -0.3 is 5.11 Å². The minimum Gasteiger partial charge on any atom is -0.480 e. The Morgan fingerprint density at radius 3 is 2.29 bits per heavy atom. The van der Waals surface area contributed by atoms with Crippen molar-refractivity contribution in [2.45, 2.75) is 12.6 Å². The summed E-state index contributed by atoms with van der Waals surface area (Å²) >= 11 is 0. The molecule has 3 nitrogen and oxygen atoms in total. The van der Waals surface area contributed by atoms with Gasteiger partial charge in [0.1, 0.15) is 11.9 Å². The minimum absolute atomic E-state index is 0.143. The summed E-state index contributed by atoms with van der Waals surface area (Å²) in [5.41, 5.74) is 0.337. The predicted octanol–water partition coefficient (Wildman–Crippen LogP) is 3.02. The van der Waals surface area contributed by atoms with E-state index in [1.807, 2.05) is 0 Å². The summed E-state index contributed by atoms with van der Waals surface area (Å²) in [6, 6.07) is 8.36. The van der Waals surface area contributed by atoms with Gasteiger partial charge in [0.15, 0.2) is 11.6 Å². The molecule has 2 rings (SSSR count). The Morgan fingerprint density at radius 2 is 1.67 bits per heavy atom. The lowest BCUT2D eigenvalue weighted by atomic mass is 10.1. The van der Waals surface area contributed by atoms with Gasteiger partial charge in [0.2, 0.25) is 0 Å². The van der Waals surface area contributed by atoms with Crippen molar-refractivity contribution in [3.05, 3.63) is 71.0 Å². The molecule has 2 aromatic rings. The van der Waals surface area contributed by atoms with Gasteiger partial charge in [-0.25, -0.2) is 13.2 Å². The smallest absolute Gasteiger partial charge is 0.325 e. The number of benzene rings is 2. The second-order valence-corrected chi connectivity index (χ2v) is 4.42. The first kappa shape index (κ1) is 15.1. The zero-order valence-electron chi connectivity index (χ0n) is 10.8. The van der Waals surface area contributed by atoms with Gasteiger partial charge in [-0.2, -0.15) is 0 Å². The third-order valence-corrected chi connectivity index (χ3v) is 2.97. The van der Waals surface area contributed by atoms with Gasteiger partial charge in [0.05, 0.1) is 0 Å². The summed E-state index contributed by atoms with van der Waals surface area (Å²) in [4.78, 5) is 11.2. The molecule has 6 heteroatoms. The molecule has 0 heterocycles. The Labute approximate surface area is 119 Å². The van der Waals surface area contributed by atoms with Gasteiger partial charge in [0, 0.05) is 18.2 Å². The van der Waals surface area contributed by atoms with Crippen LogP contribution in [-0.4, -0.2) is 11.1 Å². The van der Waals surface area contributed by atoms with Crippen molar-refractivity contribution in [1.29, 1.82) is 0 Å². The van der Waals surface area contributed by atoms with Crippen LogP contribution in [0, 0.1) is 17.5 Å². The van der Waals surface area contributed by atoms with E-state index in [4.69, 9.17) is 0 Å². The van der Waals surface area contributed by atoms with Crippen LogP contribution in [-0.2, 0) is 11.3 Å². The molecule has 0 bridgehead atoms. The molecular formula is C15H12F3NO2. The highest BCUT2D eigenvalue weighted by Gasteiger charge is 2.20. The zero-order chi connectivity index (χ0) is 15.4. The van der Waals surface area contributed by atoms with E-state index in [2.05, 4.69) is 5.32 Å². The van der Waals surface area contributed by atoms with E-state index in [-0.39, 0.29) is 12.1 Å².